The third kappa shape index (κ3) is 2.49. The molecule has 0 bridgehead atoms. The number of anilines is 1. The van der Waals surface area contributed by atoms with Gasteiger partial charge in [-0.3, -0.25) is 10.1 Å². The molecule has 2 aliphatic rings. The lowest BCUT2D eigenvalue weighted by Crippen LogP contribution is -2.34. The van der Waals surface area contributed by atoms with Crippen molar-refractivity contribution in [2.75, 3.05) is 11.4 Å². The molecule has 1 atom stereocenters. The quantitative estimate of drug-likeness (QED) is 0.622. The zero-order valence-electron chi connectivity index (χ0n) is 11.4. The summed E-state index contributed by atoms with van der Waals surface area (Å²) in [6.45, 7) is 0.877. The van der Waals surface area contributed by atoms with Crippen LogP contribution in [0.3, 0.4) is 0 Å². The zero-order chi connectivity index (χ0) is 14.1. The van der Waals surface area contributed by atoms with Gasteiger partial charge in [-0.2, -0.15) is 0 Å². The van der Waals surface area contributed by atoms with Crippen LogP contribution >= 0.6 is 0 Å². The average Bonchev–Trinajstić information content (AvgIpc) is 3.08. The third-order valence-electron chi connectivity index (χ3n) is 4.65. The van der Waals surface area contributed by atoms with E-state index in [0.717, 1.165) is 25.5 Å². The molecule has 1 saturated heterocycles. The molecule has 0 radical (unpaired) electrons. The summed E-state index contributed by atoms with van der Waals surface area (Å²) in [7, 11) is 0. The van der Waals surface area contributed by atoms with Gasteiger partial charge >= 0.3 is 0 Å². The number of nitro groups is 1. The van der Waals surface area contributed by atoms with Crippen LogP contribution in [-0.2, 0) is 0 Å². The molecule has 4 nitrogen and oxygen atoms in total. The lowest BCUT2D eigenvalue weighted by molar-refractivity contribution is -0.385. The number of benzene rings is 1. The standard InChI is InChI=1S/C15H19FN2O2/c16-12-8-13(10-14(9-12)18(19)20)17-7-3-6-15(17)11-4-1-2-5-11/h8-11,15H,1-7H2. The van der Waals surface area contributed by atoms with E-state index in [1.165, 1.54) is 37.8 Å². The summed E-state index contributed by atoms with van der Waals surface area (Å²) in [6.07, 6.45) is 7.23. The SMILES string of the molecule is O=[N+]([O-])c1cc(F)cc(N2CCCC2C2CCCC2)c1. The number of hydrogen-bond acceptors (Lipinski definition) is 3. The lowest BCUT2D eigenvalue weighted by Gasteiger charge is -2.31. The lowest BCUT2D eigenvalue weighted by atomic mass is 9.95. The minimum Gasteiger partial charge on any atom is -0.368 e. The monoisotopic (exact) mass is 278 g/mol. The van der Waals surface area contributed by atoms with Gasteiger partial charge < -0.3 is 4.90 Å². The normalized spacial score (nSPS) is 23.4. The Morgan fingerprint density at radius 3 is 2.60 bits per heavy atom. The topological polar surface area (TPSA) is 46.4 Å². The second-order valence-electron chi connectivity index (χ2n) is 5.87. The Morgan fingerprint density at radius 1 is 1.15 bits per heavy atom. The van der Waals surface area contributed by atoms with Gasteiger partial charge in [0.05, 0.1) is 11.0 Å². The van der Waals surface area contributed by atoms with Gasteiger partial charge in [-0.25, -0.2) is 4.39 Å². The molecule has 2 fully saturated rings. The Morgan fingerprint density at radius 2 is 1.90 bits per heavy atom. The molecule has 0 spiro atoms. The molecule has 0 amide bonds. The van der Waals surface area contributed by atoms with E-state index in [9.17, 15) is 14.5 Å². The largest absolute Gasteiger partial charge is 0.368 e. The van der Waals surface area contributed by atoms with E-state index >= 15 is 0 Å². The fraction of sp³-hybridized carbons (Fsp3) is 0.600. The molecule has 20 heavy (non-hydrogen) atoms. The fourth-order valence-electron chi connectivity index (χ4n) is 3.78. The smallest absolute Gasteiger partial charge is 0.274 e. The van der Waals surface area contributed by atoms with E-state index in [-0.39, 0.29) is 5.69 Å². The van der Waals surface area contributed by atoms with E-state index in [0.29, 0.717) is 17.6 Å². The second-order valence-corrected chi connectivity index (χ2v) is 5.87. The highest BCUT2D eigenvalue weighted by Crippen LogP contribution is 2.38. The highest BCUT2D eigenvalue weighted by atomic mass is 19.1. The van der Waals surface area contributed by atoms with Crippen molar-refractivity contribution in [2.45, 2.75) is 44.6 Å². The summed E-state index contributed by atoms with van der Waals surface area (Å²) < 4.78 is 13.6. The van der Waals surface area contributed by atoms with Crippen LogP contribution in [0.4, 0.5) is 15.8 Å². The minimum absolute atomic E-state index is 0.155. The fourth-order valence-corrected chi connectivity index (χ4v) is 3.78. The summed E-state index contributed by atoms with van der Waals surface area (Å²) >= 11 is 0. The van der Waals surface area contributed by atoms with E-state index in [1.54, 1.807) is 0 Å². The summed E-state index contributed by atoms with van der Waals surface area (Å²) in [4.78, 5) is 12.5. The number of non-ortho nitro benzene ring substituents is 1. The van der Waals surface area contributed by atoms with Crippen LogP contribution < -0.4 is 4.90 Å². The maximum atomic E-state index is 13.6. The Hall–Kier alpha value is -1.65. The van der Waals surface area contributed by atoms with E-state index in [4.69, 9.17) is 0 Å². The van der Waals surface area contributed by atoms with Gasteiger partial charge in [0.25, 0.3) is 5.69 Å². The maximum absolute atomic E-state index is 13.6. The molecular weight excluding hydrogens is 259 g/mol. The van der Waals surface area contributed by atoms with Crippen LogP contribution in [0.15, 0.2) is 18.2 Å². The van der Waals surface area contributed by atoms with Crippen molar-refractivity contribution in [3.63, 3.8) is 0 Å². The predicted octanol–water partition coefficient (Wildman–Crippen LogP) is 3.89. The van der Waals surface area contributed by atoms with Crippen LogP contribution in [0.25, 0.3) is 0 Å². The van der Waals surface area contributed by atoms with Crippen molar-refractivity contribution >= 4 is 11.4 Å². The van der Waals surface area contributed by atoms with Gasteiger partial charge in [-0.1, -0.05) is 12.8 Å². The zero-order valence-corrected chi connectivity index (χ0v) is 11.4. The number of hydrogen-bond donors (Lipinski definition) is 0. The summed E-state index contributed by atoms with van der Waals surface area (Å²) in [5, 5.41) is 10.9. The van der Waals surface area contributed by atoms with Crippen molar-refractivity contribution in [3.05, 3.63) is 34.1 Å². The highest BCUT2D eigenvalue weighted by Gasteiger charge is 2.34. The molecule has 1 aromatic rings. The molecule has 5 heteroatoms. The summed E-state index contributed by atoms with van der Waals surface area (Å²) in [6, 6.07) is 4.36. The second kappa shape index (κ2) is 5.38. The molecule has 108 valence electrons. The number of rotatable bonds is 3. The number of nitro benzene ring substituents is 1. The van der Waals surface area contributed by atoms with Crippen molar-refractivity contribution in [3.8, 4) is 0 Å². The van der Waals surface area contributed by atoms with Gasteiger partial charge in [0, 0.05) is 24.3 Å². The molecule has 3 rings (SSSR count). The minimum atomic E-state index is -0.522. The number of nitrogens with zero attached hydrogens (tertiary/aromatic N) is 2. The molecule has 1 heterocycles. The van der Waals surface area contributed by atoms with Crippen molar-refractivity contribution in [1.82, 2.24) is 0 Å². The Bertz CT molecular complexity index is 515. The maximum Gasteiger partial charge on any atom is 0.274 e. The van der Waals surface area contributed by atoms with Crippen molar-refractivity contribution in [1.29, 1.82) is 0 Å². The summed E-state index contributed by atoms with van der Waals surface area (Å²) in [5.41, 5.74) is 0.517. The van der Waals surface area contributed by atoms with Crippen molar-refractivity contribution in [2.24, 2.45) is 5.92 Å². The molecular formula is C15H19FN2O2. The first-order chi connectivity index (χ1) is 9.65. The Labute approximate surface area is 117 Å². The molecule has 1 unspecified atom stereocenters. The molecule has 0 aromatic heterocycles. The van der Waals surface area contributed by atoms with E-state index in [1.807, 2.05) is 0 Å². The van der Waals surface area contributed by atoms with Gasteiger partial charge in [0.1, 0.15) is 5.82 Å². The predicted molar refractivity (Wildman–Crippen MR) is 75.4 cm³/mol. The molecule has 1 aliphatic heterocycles. The first-order valence-electron chi connectivity index (χ1n) is 7.37. The van der Waals surface area contributed by atoms with Gasteiger partial charge in [-0.05, 0) is 37.7 Å². The first kappa shape index (κ1) is 13.3. The molecule has 1 aliphatic carbocycles. The van der Waals surface area contributed by atoms with Crippen LogP contribution in [0.5, 0.6) is 0 Å². The van der Waals surface area contributed by atoms with Gasteiger partial charge in [0.2, 0.25) is 0 Å². The van der Waals surface area contributed by atoms with Crippen LogP contribution in [0, 0.1) is 21.8 Å². The Balaban J connectivity index is 1.88. The Kier molecular flexibility index (Phi) is 3.59. The number of halogens is 1. The van der Waals surface area contributed by atoms with E-state index in [2.05, 4.69) is 4.90 Å². The third-order valence-corrected chi connectivity index (χ3v) is 4.65. The van der Waals surface area contributed by atoms with Gasteiger partial charge in [-0.15, -0.1) is 0 Å². The van der Waals surface area contributed by atoms with Crippen LogP contribution in [-0.4, -0.2) is 17.5 Å². The van der Waals surface area contributed by atoms with Gasteiger partial charge in [0.15, 0.2) is 0 Å². The van der Waals surface area contributed by atoms with Crippen molar-refractivity contribution < 1.29 is 9.31 Å². The van der Waals surface area contributed by atoms with Crippen LogP contribution in [0.1, 0.15) is 38.5 Å². The molecule has 1 saturated carbocycles. The average molecular weight is 278 g/mol. The summed E-state index contributed by atoms with van der Waals surface area (Å²) in [5.74, 6) is 0.145. The first-order valence-corrected chi connectivity index (χ1v) is 7.37. The van der Waals surface area contributed by atoms with Crippen LogP contribution in [0.2, 0.25) is 0 Å². The van der Waals surface area contributed by atoms with E-state index < -0.39 is 10.7 Å². The highest BCUT2D eigenvalue weighted by molar-refractivity contribution is 5.55. The molecule has 0 N–H and O–H groups in total. The molecule has 1 aromatic carbocycles.